The zero-order valence-corrected chi connectivity index (χ0v) is 19.2. The monoisotopic (exact) mass is 471 g/mol. The van der Waals surface area contributed by atoms with E-state index in [9.17, 15) is 23.1 Å². The van der Waals surface area contributed by atoms with Crippen LogP contribution in [0.25, 0.3) is 0 Å². The van der Waals surface area contributed by atoms with E-state index in [1.54, 1.807) is 0 Å². The molecule has 2 aromatic carbocycles. The standard InChI is InChI=1S/C24H29N3O5S/c28-22-18-26(23(29)25-22)15-7-8-17-33(31,32)27-16-9-14-21(27)24(30,19-10-3-1-4-11-19)20-12-5-2-6-13-20/h1-6,10-13,21,30H,7-9,14-18H2,(H,25,28,29)/t21-/m1/s1. The van der Waals surface area contributed by atoms with Crippen molar-refractivity contribution in [3.63, 3.8) is 0 Å². The summed E-state index contributed by atoms with van der Waals surface area (Å²) in [5.74, 6) is -0.416. The fourth-order valence-corrected chi connectivity index (χ4v) is 6.65. The average molecular weight is 472 g/mol. The highest BCUT2D eigenvalue weighted by molar-refractivity contribution is 7.89. The number of nitrogens with one attached hydrogen (secondary N) is 1. The molecule has 0 unspecified atom stereocenters. The third kappa shape index (κ3) is 4.80. The summed E-state index contributed by atoms with van der Waals surface area (Å²) >= 11 is 0. The number of benzene rings is 2. The van der Waals surface area contributed by atoms with Crippen molar-refractivity contribution in [1.82, 2.24) is 14.5 Å². The molecule has 9 heteroatoms. The van der Waals surface area contributed by atoms with Crippen molar-refractivity contribution in [3.05, 3.63) is 71.8 Å². The Kier molecular flexibility index (Phi) is 6.83. The van der Waals surface area contributed by atoms with Crippen molar-refractivity contribution in [2.75, 3.05) is 25.4 Å². The zero-order chi connectivity index (χ0) is 23.5. The van der Waals surface area contributed by atoms with Crippen LogP contribution in [0.2, 0.25) is 0 Å². The summed E-state index contributed by atoms with van der Waals surface area (Å²) in [7, 11) is -3.64. The fraction of sp³-hybridized carbons (Fsp3) is 0.417. The predicted molar refractivity (Wildman–Crippen MR) is 124 cm³/mol. The smallest absolute Gasteiger partial charge is 0.324 e. The van der Waals surface area contributed by atoms with Gasteiger partial charge in [0.1, 0.15) is 12.1 Å². The van der Waals surface area contributed by atoms with E-state index >= 15 is 0 Å². The summed E-state index contributed by atoms with van der Waals surface area (Å²) < 4.78 is 28.1. The molecule has 0 bridgehead atoms. The number of aliphatic hydroxyl groups is 1. The zero-order valence-electron chi connectivity index (χ0n) is 18.4. The summed E-state index contributed by atoms with van der Waals surface area (Å²) in [6.07, 6.45) is 2.05. The lowest BCUT2D eigenvalue weighted by atomic mass is 9.79. The molecule has 2 saturated heterocycles. The van der Waals surface area contributed by atoms with Crippen LogP contribution < -0.4 is 5.32 Å². The third-order valence-electron chi connectivity index (χ3n) is 6.42. The van der Waals surface area contributed by atoms with Crippen LogP contribution in [0.4, 0.5) is 4.79 Å². The van der Waals surface area contributed by atoms with Gasteiger partial charge in [0.15, 0.2) is 0 Å². The molecule has 33 heavy (non-hydrogen) atoms. The molecule has 2 aliphatic rings. The Balaban J connectivity index is 1.51. The van der Waals surface area contributed by atoms with E-state index in [1.807, 2.05) is 60.7 Å². The summed E-state index contributed by atoms with van der Waals surface area (Å²) in [4.78, 5) is 24.3. The number of carbonyl (C=O) groups excluding carboxylic acids is 2. The van der Waals surface area contributed by atoms with Gasteiger partial charge in [-0.3, -0.25) is 10.1 Å². The molecule has 2 aromatic rings. The Labute approximate surface area is 194 Å². The highest BCUT2D eigenvalue weighted by Gasteiger charge is 2.49. The van der Waals surface area contributed by atoms with Crippen LogP contribution in [0.3, 0.4) is 0 Å². The van der Waals surface area contributed by atoms with E-state index in [-0.39, 0.29) is 18.2 Å². The second-order valence-corrected chi connectivity index (χ2v) is 10.6. The van der Waals surface area contributed by atoms with Gasteiger partial charge in [-0.05, 0) is 36.8 Å². The van der Waals surface area contributed by atoms with Crippen molar-refractivity contribution < 1.29 is 23.1 Å². The molecule has 2 aliphatic heterocycles. The number of sulfonamides is 1. The van der Waals surface area contributed by atoms with Gasteiger partial charge >= 0.3 is 6.03 Å². The Morgan fingerprint density at radius 1 is 0.970 bits per heavy atom. The number of hydrogen-bond acceptors (Lipinski definition) is 5. The molecule has 2 heterocycles. The van der Waals surface area contributed by atoms with Gasteiger partial charge in [-0.1, -0.05) is 60.7 Å². The predicted octanol–water partition coefficient (Wildman–Crippen LogP) is 2.05. The molecule has 1 atom stereocenters. The molecular weight excluding hydrogens is 442 g/mol. The second kappa shape index (κ2) is 9.62. The first-order valence-corrected chi connectivity index (χ1v) is 12.8. The van der Waals surface area contributed by atoms with E-state index in [2.05, 4.69) is 5.32 Å². The molecule has 0 aromatic heterocycles. The van der Waals surface area contributed by atoms with E-state index in [0.29, 0.717) is 49.9 Å². The number of rotatable bonds is 9. The largest absolute Gasteiger partial charge is 0.379 e. The maximum absolute atomic E-state index is 13.3. The first kappa shape index (κ1) is 23.4. The Morgan fingerprint density at radius 2 is 1.58 bits per heavy atom. The van der Waals surface area contributed by atoms with Gasteiger partial charge in [-0.2, -0.15) is 4.31 Å². The lowest BCUT2D eigenvalue weighted by Gasteiger charge is -2.39. The van der Waals surface area contributed by atoms with Crippen molar-refractivity contribution >= 4 is 22.0 Å². The molecule has 2 N–H and O–H groups in total. The molecule has 8 nitrogen and oxygen atoms in total. The normalized spacial score (nSPS) is 19.8. The van der Waals surface area contributed by atoms with Gasteiger partial charge in [0, 0.05) is 13.1 Å². The summed E-state index contributed by atoms with van der Waals surface area (Å²) in [5.41, 5.74) is -0.152. The molecular formula is C24H29N3O5S. The van der Waals surface area contributed by atoms with Crippen LogP contribution in [0.1, 0.15) is 36.8 Å². The minimum absolute atomic E-state index is 0.0148. The van der Waals surface area contributed by atoms with E-state index in [0.717, 1.165) is 0 Å². The minimum atomic E-state index is -3.64. The quantitative estimate of drug-likeness (QED) is 0.430. The van der Waals surface area contributed by atoms with Gasteiger partial charge in [0.25, 0.3) is 0 Å². The van der Waals surface area contributed by atoms with E-state index in [1.165, 1.54) is 9.21 Å². The molecule has 0 radical (unpaired) electrons. The van der Waals surface area contributed by atoms with Crippen molar-refractivity contribution in [2.45, 2.75) is 37.3 Å². The number of hydrogen-bond donors (Lipinski definition) is 2. The van der Waals surface area contributed by atoms with Gasteiger partial charge in [-0.15, -0.1) is 0 Å². The number of urea groups is 1. The van der Waals surface area contributed by atoms with Crippen LogP contribution in [-0.2, 0) is 20.4 Å². The molecule has 4 rings (SSSR count). The van der Waals surface area contributed by atoms with Crippen LogP contribution >= 0.6 is 0 Å². The Hall–Kier alpha value is -2.75. The number of amides is 3. The van der Waals surface area contributed by atoms with Gasteiger partial charge in [-0.25, -0.2) is 13.2 Å². The summed E-state index contributed by atoms with van der Waals surface area (Å²) in [6, 6.07) is 17.4. The number of nitrogens with zero attached hydrogens (tertiary/aromatic N) is 2. The second-order valence-electron chi connectivity index (χ2n) is 8.57. The summed E-state index contributed by atoms with van der Waals surface area (Å²) in [5, 5.41) is 14.3. The minimum Gasteiger partial charge on any atom is -0.379 e. The maximum atomic E-state index is 13.3. The first-order chi connectivity index (χ1) is 15.8. The van der Waals surface area contributed by atoms with Crippen molar-refractivity contribution in [2.24, 2.45) is 0 Å². The fourth-order valence-electron chi connectivity index (χ4n) is 4.79. The topological polar surface area (TPSA) is 107 Å². The van der Waals surface area contributed by atoms with Gasteiger partial charge < -0.3 is 10.0 Å². The molecule has 2 fully saturated rings. The number of imide groups is 1. The Bertz CT molecular complexity index is 1050. The van der Waals surface area contributed by atoms with Gasteiger partial charge in [0.2, 0.25) is 15.9 Å². The highest BCUT2D eigenvalue weighted by Crippen LogP contribution is 2.41. The number of unbranched alkanes of at least 4 members (excludes halogenated alkanes) is 1. The molecule has 0 spiro atoms. The van der Waals surface area contributed by atoms with Crippen LogP contribution in [0.5, 0.6) is 0 Å². The molecule has 3 amide bonds. The first-order valence-electron chi connectivity index (χ1n) is 11.2. The van der Waals surface area contributed by atoms with Gasteiger partial charge in [0.05, 0.1) is 11.8 Å². The lowest BCUT2D eigenvalue weighted by molar-refractivity contribution is -0.118. The van der Waals surface area contributed by atoms with Crippen molar-refractivity contribution in [3.8, 4) is 0 Å². The Morgan fingerprint density at radius 3 is 2.12 bits per heavy atom. The SMILES string of the molecule is O=C1CN(CCCCS(=O)(=O)N2CCC[C@@H]2C(O)(c2ccccc2)c2ccccc2)C(=O)N1. The van der Waals surface area contributed by atoms with Crippen molar-refractivity contribution in [1.29, 1.82) is 0 Å². The highest BCUT2D eigenvalue weighted by atomic mass is 32.2. The lowest BCUT2D eigenvalue weighted by Crippen LogP contribution is -2.51. The van der Waals surface area contributed by atoms with Crippen LogP contribution in [-0.4, -0.2) is 66.1 Å². The van der Waals surface area contributed by atoms with E-state index < -0.39 is 27.7 Å². The molecule has 176 valence electrons. The maximum Gasteiger partial charge on any atom is 0.324 e. The van der Waals surface area contributed by atoms with E-state index in [4.69, 9.17) is 0 Å². The summed E-state index contributed by atoms with van der Waals surface area (Å²) in [6.45, 7) is 0.702. The third-order valence-corrected chi connectivity index (χ3v) is 8.38. The van der Waals surface area contributed by atoms with Crippen LogP contribution in [0.15, 0.2) is 60.7 Å². The van der Waals surface area contributed by atoms with Crippen LogP contribution in [0, 0.1) is 0 Å². The number of carbonyl (C=O) groups is 2. The molecule has 0 aliphatic carbocycles. The molecule has 0 saturated carbocycles. The average Bonchev–Trinajstić information content (AvgIpc) is 3.44.